The van der Waals surface area contributed by atoms with Crippen LogP contribution in [0.25, 0.3) is 0 Å². The number of para-hydroxylation sites is 1. The van der Waals surface area contributed by atoms with E-state index in [4.69, 9.17) is 4.74 Å². The molecule has 2 amide bonds. The number of aliphatic hydroxyl groups is 1. The first kappa shape index (κ1) is 17.3. The van der Waals surface area contributed by atoms with Gasteiger partial charge in [0.25, 0.3) is 0 Å². The number of benzene rings is 2. The molecule has 0 aliphatic heterocycles. The van der Waals surface area contributed by atoms with E-state index in [0.717, 1.165) is 22.4 Å². The normalized spacial score (nSPS) is 19.8. The lowest BCUT2D eigenvalue weighted by Crippen LogP contribution is -2.42. The second-order valence-electron chi connectivity index (χ2n) is 6.45. The van der Waals surface area contributed by atoms with Crippen LogP contribution in [-0.4, -0.2) is 30.9 Å². The van der Waals surface area contributed by atoms with Gasteiger partial charge in [-0.3, -0.25) is 0 Å². The number of fused-ring (bicyclic) bond motifs is 1. The van der Waals surface area contributed by atoms with Crippen molar-refractivity contribution in [3.8, 4) is 5.75 Å². The number of hydrogen-bond acceptors (Lipinski definition) is 3. The van der Waals surface area contributed by atoms with Gasteiger partial charge in [-0.2, -0.15) is 0 Å². The molecule has 1 aliphatic carbocycles. The number of urea groups is 1. The fraction of sp³-hybridized carbons (Fsp3) is 0.350. The van der Waals surface area contributed by atoms with Crippen LogP contribution in [0, 0.1) is 0 Å². The minimum absolute atomic E-state index is 0.114. The van der Waals surface area contributed by atoms with Crippen LogP contribution in [0.2, 0.25) is 0 Å². The second-order valence-corrected chi connectivity index (χ2v) is 6.45. The average molecular weight is 340 g/mol. The standard InChI is InChI=1S/C20H24N2O3/c1-13(15-8-5-6-10-18(15)25-2)12-21-20(24)22-19-16-9-4-3-7-14(16)11-17(19)23/h3-10,13,17,19,23H,11-12H2,1-2H3,(H2,21,22,24)/t13?,17-,19+/m0/s1. The van der Waals surface area contributed by atoms with E-state index in [0.29, 0.717) is 13.0 Å². The van der Waals surface area contributed by atoms with E-state index in [1.807, 2.05) is 55.5 Å². The summed E-state index contributed by atoms with van der Waals surface area (Å²) in [6.07, 6.45) is -0.0200. The molecule has 0 heterocycles. The van der Waals surface area contributed by atoms with Crippen molar-refractivity contribution in [2.75, 3.05) is 13.7 Å². The summed E-state index contributed by atoms with van der Waals surface area (Å²) in [6.45, 7) is 2.52. The van der Waals surface area contributed by atoms with Crippen molar-refractivity contribution in [2.24, 2.45) is 0 Å². The van der Waals surface area contributed by atoms with Crippen LogP contribution in [0.15, 0.2) is 48.5 Å². The zero-order chi connectivity index (χ0) is 17.8. The molecule has 0 radical (unpaired) electrons. The van der Waals surface area contributed by atoms with Gasteiger partial charge in [0.15, 0.2) is 0 Å². The van der Waals surface area contributed by atoms with Crippen LogP contribution in [-0.2, 0) is 6.42 Å². The summed E-state index contributed by atoms with van der Waals surface area (Å²) < 4.78 is 5.37. The van der Waals surface area contributed by atoms with Crippen LogP contribution in [0.5, 0.6) is 5.75 Å². The van der Waals surface area contributed by atoms with Gasteiger partial charge in [-0.15, -0.1) is 0 Å². The average Bonchev–Trinajstić information content (AvgIpc) is 2.95. The molecule has 132 valence electrons. The summed E-state index contributed by atoms with van der Waals surface area (Å²) in [4.78, 5) is 12.3. The number of carbonyl (C=O) groups is 1. The summed E-state index contributed by atoms with van der Waals surface area (Å²) in [7, 11) is 1.64. The van der Waals surface area contributed by atoms with Gasteiger partial charge in [0.2, 0.25) is 0 Å². The van der Waals surface area contributed by atoms with Crippen LogP contribution in [0.4, 0.5) is 4.79 Å². The van der Waals surface area contributed by atoms with E-state index in [1.54, 1.807) is 7.11 Å². The molecule has 2 aromatic rings. The van der Waals surface area contributed by atoms with E-state index in [2.05, 4.69) is 10.6 Å². The number of nitrogens with one attached hydrogen (secondary N) is 2. The van der Waals surface area contributed by atoms with Crippen molar-refractivity contribution in [3.63, 3.8) is 0 Å². The Bertz CT molecular complexity index is 747. The topological polar surface area (TPSA) is 70.6 Å². The number of carbonyl (C=O) groups excluding carboxylic acids is 1. The van der Waals surface area contributed by atoms with Crippen molar-refractivity contribution in [2.45, 2.75) is 31.4 Å². The van der Waals surface area contributed by atoms with Gasteiger partial charge in [-0.1, -0.05) is 49.4 Å². The van der Waals surface area contributed by atoms with Crippen molar-refractivity contribution in [1.82, 2.24) is 10.6 Å². The molecular weight excluding hydrogens is 316 g/mol. The minimum Gasteiger partial charge on any atom is -0.496 e. The summed E-state index contributed by atoms with van der Waals surface area (Å²) in [5.41, 5.74) is 3.13. The Labute approximate surface area is 148 Å². The number of amides is 2. The van der Waals surface area contributed by atoms with Gasteiger partial charge in [0.05, 0.1) is 19.3 Å². The Hall–Kier alpha value is -2.53. The zero-order valence-corrected chi connectivity index (χ0v) is 14.5. The highest BCUT2D eigenvalue weighted by atomic mass is 16.5. The molecule has 2 aromatic carbocycles. The van der Waals surface area contributed by atoms with Crippen LogP contribution in [0.3, 0.4) is 0 Å². The number of aliphatic hydroxyl groups excluding tert-OH is 1. The summed E-state index contributed by atoms with van der Waals surface area (Å²) in [5, 5.41) is 16.0. The first-order chi connectivity index (χ1) is 12.1. The van der Waals surface area contributed by atoms with Crippen LogP contribution >= 0.6 is 0 Å². The lowest BCUT2D eigenvalue weighted by Gasteiger charge is -2.20. The molecule has 25 heavy (non-hydrogen) atoms. The molecule has 5 nitrogen and oxygen atoms in total. The molecule has 0 saturated heterocycles. The molecule has 3 rings (SSSR count). The van der Waals surface area contributed by atoms with Gasteiger partial charge in [0.1, 0.15) is 5.75 Å². The molecule has 3 N–H and O–H groups in total. The molecular formula is C20H24N2O3. The monoisotopic (exact) mass is 340 g/mol. The number of rotatable bonds is 5. The predicted octanol–water partition coefficient (Wildman–Crippen LogP) is 2.76. The Kier molecular flexibility index (Phi) is 5.24. The smallest absolute Gasteiger partial charge is 0.315 e. The molecule has 5 heteroatoms. The summed E-state index contributed by atoms with van der Waals surface area (Å²) in [6, 6.07) is 15.0. The largest absolute Gasteiger partial charge is 0.496 e. The fourth-order valence-electron chi connectivity index (χ4n) is 3.37. The third-order valence-electron chi connectivity index (χ3n) is 4.73. The maximum Gasteiger partial charge on any atom is 0.315 e. The highest BCUT2D eigenvalue weighted by Gasteiger charge is 2.31. The van der Waals surface area contributed by atoms with E-state index in [1.165, 1.54) is 0 Å². The number of hydrogen-bond donors (Lipinski definition) is 3. The van der Waals surface area contributed by atoms with Gasteiger partial charge >= 0.3 is 6.03 Å². The molecule has 1 unspecified atom stereocenters. The Balaban J connectivity index is 1.58. The molecule has 1 aliphatic rings. The SMILES string of the molecule is COc1ccccc1C(C)CNC(=O)N[C@@H]1c2ccccc2C[C@@H]1O. The first-order valence-corrected chi connectivity index (χ1v) is 8.53. The maximum atomic E-state index is 12.3. The second kappa shape index (κ2) is 7.57. The first-order valence-electron chi connectivity index (χ1n) is 8.53. The third-order valence-corrected chi connectivity index (χ3v) is 4.73. The highest BCUT2D eigenvalue weighted by molar-refractivity contribution is 5.75. The van der Waals surface area contributed by atoms with E-state index < -0.39 is 6.10 Å². The lowest BCUT2D eigenvalue weighted by molar-refractivity contribution is 0.142. The van der Waals surface area contributed by atoms with Crippen molar-refractivity contribution in [3.05, 3.63) is 65.2 Å². The van der Waals surface area contributed by atoms with E-state index >= 15 is 0 Å². The molecule has 3 atom stereocenters. The summed E-state index contributed by atoms with van der Waals surface area (Å²) >= 11 is 0. The number of methoxy groups -OCH3 is 1. The van der Waals surface area contributed by atoms with Crippen molar-refractivity contribution in [1.29, 1.82) is 0 Å². The molecule has 0 fully saturated rings. The number of ether oxygens (including phenoxy) is 1. The summed E-state index contributed by atoms with van der Waals surface area (Å²) in [5.74, 6) is 0.931. The Morgan fingerprint density at radius 1 is 1.24 bits per heavy atom. The van der Waals surface area contributed by atoms with Gasteiger partial charge in [-0.05, 0) is 22.8 Å². The van der Waals surface area contributed by atoms with E-state index in [-0.39, 0.29) is 18.0 Å². The molecule has 0 aromatic heterocycles. The highest BCUT2D eigenvalue weighted by Crippen LogP contribution is 2.31. The molecule has 0 bridgehead atoms. The van der Waals surface area contributed by atoms with Crippen molar-refractivity contribution >= 4 is 6.03 Å². The molecule has 0 spiro atoms. The lowest BCUT2D eigenvalue weighted by atomic mass is 10.0. The van der Waals surface area contributed by atoms with Crippen molar-refractivity contribution < 1.29 is 14.6 Å². The Morgan fingerprint density at radius 2 is 1.96 bits per heavy atom. The van der Waals surface area contributed by atoms with Crippen LogP contribution < -0.4 is 15.4 Å². The van der Waals surface area contributed by atoms with Crippen LogP contribution in [0.1, 0.15) is 35.6 Å². The molecule has 0 saturated carbocycles. The Morgan fingerprint density at radius 3 is 2.76 bits per heavy atom. The zero-order valence-electron chi connectivity index (χ0n) is 14.5. The fourth-order valence-corrected chi connectivity index (χ4v) is 3.37. The van der Waals surface area contributed by atoms with E-state index in [9.17, 15) is 9.90 Å². The maximum absolute atomic E-state index is 12.3. The minimum atomic E-state index is -0.588. The third kappa shape index (κ3) is 3.77. The predicted molar refractivity (Wildman–Crippen MR) is 96.8 cm³/mol. The van der Waals surface area contributed by atoms with Gasteiger partial charge < -0.3 is 20.5 Å². The quantitative estimate of drug-likeness (QED) is 0.784. The van der Waals surface area contributed by atoms with Gasteiger partial charge in [-0.25, -0.2) is 4.79 Å². The van der Waals surface area contributed by atoms with Gasteiger partial charge in [0, 0.05) is 18.9 Å².